The molecule has 2 aromatic rings. The molecule has 9 nitrogen and oxygen atoms in total. The number of hydrogen-bond donors (Lipinski definition) is 1. The predicted molar refractivity (Wildman–Crippen MR) is 116 cm³/mol. The number of amides is 3. The summed E-state index contributed by atoms with van der Waals surface area (Å²) in [6.45, 7) is 0.233. The number of ether oxygens (including phenoxy) is 3. The summed E-state index contributed by atoms with van der Waals surface area (Å²) in [6, 6.07) is 11.9. The molecule has 1 saturated heterocycles. The first-order chi connectivity index (χ1) is 14.9. The maximum atomic E-state index is 12.8. The lowest BCUT2D eigenvalue weighted by molar-refractivity contribution is -0.122. The molecule has 9 heteroatoms. The molecule has 1 fully saturated rings. The highest BCUT2D eigenvalue weighted by Gasteiger charge is 2.36. The minimum atomic E-state index is -0.513. The lowest BCUT2D eigenvalue weighted by Gasteiger charge is -2.20. The highest BCUT2D eigenvalue weighted by Crippen LogP contribution is 2.36. The third kappa shape index (κ3) is 4.71. The van der Waals surface area contributed by atoms with Crippen molar-refractivity contribution < 1.29 is 28.6 Å². The summed E-state index contributed by atoms with van der Waals surface area (Å²) in [6.07, 6.45) is -0.399. The number of anilines is 3. The maximum absolute atomic E-state index is 12.8. The zero-order valence-corrected chi connectivity index (χ0v) is 17.9. The number of carbonyl (C=O) groups excluding carboxylic acids is 3. The second-order valence-electron chi connectivity index (χ2n) is 7.01. The minimum absolute atomic E-state index is 0.0926. The SMILES string of the molecule is COC(=O)N(C)c1ccc(NC(=O)C2CC(=O)N(c3cc(OC)ccc3OC)C2)cc1. The second-order valence-corrected chi connectivity index (χ2v) is 7.01. The van der Waals surface area contributed by atoms with Crippen LogP contribution in [0.2, 0.25) is 0 Å². The van der Waals surface area contributed by atoms with Gasteiger partial charge in [-0.05, 0) is 36.4 Å². The Morgan fingerprint density at radius 3 is 2.39 bits per heavy atom. The molecular formula is C22H25N3O6. The molecule has 1 unspecified atom stereocenters. The average molecular weight is 427 g/mol. The van der Waals surface area contributed by atoms with Crippen LogP contribution in [0.3, 0.4) is 0 Å². The first-order valence-electron chi connectivity index (χ1n) is 9.63. The van der Waals surface area contributed by atoms with E-state index >= 15 is 0 Å². The van der Waals surface area contributed by atoms with Crippen LogP contribution in [0.5, 0.6) is 11.5 Å². The molecule has 1 atom stereocenters. The Morgan fingerprint density at radius 1 is 1.06 bits per heavy atom. The van der Waals surface area contributed by atoms with Gasteiger partial charge in [-0.1, -0.05) is 0 Å². The number of hydrogen-bond acceptors (Lipinski definition) is 6. The number of nitrogens with one attached hydrogen (secondary N) is 1. The molecule has 1 heterocycles. The van der Waals surface area contributed by atoms with Gasteiger partial charge < -0.3 is 24.4 Å². The number of rotatable bonds is 6. The molecule has 1 aliphatic rings. The summed E-state index contributed by atoms with van der Waals surface area (Å²) >= 11 is 0. The molecule has 0 aromatic heterocycles. The summed E-state index contributed by atoms with van der Waals surface area (Å²) in [5, 5.41) is 2.83. The van der Waals surface area contributed by atoms with Crippen LogP contribution in [0.4, 0.5) is 21.9 Å². The molecule has 2 aromatic carbocycles. The first kappa shape index (κ1) is 21.9. The van der Waals surface area contributed by atoms with E-state index in [4.69, 9.17) is 9.47 Å². The third-order valence-electron chi connectivity index (χ3n) is 5.14. The Hall–Kier alpha value is -3.75. The Balaban J connectivity index is 1.69. The van der Waals surface area contributed by atoms with Crippen LogP contribution in [0.25, 0.3) is 0 Å². The Kier molecular flexibility index (Phi) is 6.64. The standard InChI is InChI=1S/C22H25N3O6/c1-24(22(28)31-4)16-7-5-15(6-8-16)23-21(27)14-11-20(26)25(13-14)18-12-17(29-2)9-10-19(18)30-3/h5-10,12,14H,11,13H2,1-4H3,(H,23,27). The quantitative estimate of drug-likeness (QED) is 0.761. The van der Waals surface area contributed by atoms with Crippen molar-refractivity contribution in [1.29, 1.82) is 0 Å². The van der Waals surface area contributed by atoms with Gasteiger partial charge in [-0.2, -0.15) is 0 Å². The largest absolute Gasteiger partial charge is 0.497 e. The van der Waals surface area contributed by atoms with Gasteiger partial charge in [-0.3, -0.25) is 14.5 Å². The predicted octanol–water partition coefficient (Wildman–Crippen LogP) is 2.90. The summed E-state index contributed by atoms with van der Waals surface area (Å²) in [5.74, 6) is 0.184. The molecule has 1 aliphatic heterocycles. The van der Waals surface area contributed by atoms with Gasteiger partial charge in [0.05, 0.1) is 32.9 Å². The van der Waals surface area contributed by atoms with Crippen LogP contribution in [0.15, 0.2) is 42.5 Å². The smallest absolute Gasteiger partial charge is 0.413 e. The monoisotopic (exact) mass is 427 g/mol. The van der Waals surface area contributed by atoms with Crippen LogP contribution in [0, 0.1) is 5.92 Å². The third-order valence-corrected chi connectivity index (χ3v) is 5.14. The fourth-order valence-electron chi connectivity index (χ4n) is 3.38. The van der Waals surface area contributed by atoms with Crippen molar-refractivity contribution in [2.45, 2.75) is 6.42 Å². The van der Waals surface area contributed by atoms with Crippen molar-refractivity contribution in [1.82, 2.24) is 0 Å². The van der Waals surface area contributed by atoms with Gasteiger partial charge in [0.2, 0.25) is 11.8 Å². The second kappa shape index (κ2) is 9.38. The lowest BCUT2D eigenvalue weighted by atomic mass is 10.1. The maximum Gasteiger partial charge on any atom is 0.413 e. The van der Waals surface area contributed by atoms with Crippen LogP contribution in [-0.4, -0.2) is 52.8 Å². The molecule has 1 N–H and O–H groups in total. The lowest BCUT2D eigenvalue weighted by Crippen LogP contribution is -2.28. The van der Waals surface area contributed by atoms with E-state index in [2.05, 4.69) is 10.1 Å². The van der Waals surface area contributed by atoms with Crippen molar-refractivity contribution in [3.8, 4) is 11.5 Å². The first-order valence-corrected chi connectivity index (χ1v) is 9.63. The highest BCUT2D eigenvalue weighted by molar-refractivity contribution is 6.04. The van der Waals surface area contributed by atoms with E-state index in [9.17, 15) is 14.4 Å². The molecule has 31 heavy (non-hydrogen) atoms. The average Bonchev–Trinajstić information content (AvgIpc) is 3.19. The topological polar surface area (TPSA) is 97.4 Å². The number of methoxy groups -OCH3 is 3. The van der Waals surface area contributed by atoms with Gasteiger partial charge in [0, 0.05) is 37.5 Å². The van der Waals surface area contributed by atoms with E-state index in [0.29, 0.717) is 28.6 Å². The summed E-state index contributed by atoms with van der Waals surface area (Å²) in [7, 11) is 5.96. The molecule has 164 valence electrons. The van der Waals surface area contributed by atoms with Gasteiger partial charge in [0.15, 0.2) is 0 Å². The van der Waals surface area contributed by atoms with Crippen molar-refractivity contribution in [3.05, 3.63) is 42.5 Å². The minimum Gasteiger partial charge on any atom is -0.497 e. The normalized spacial score (nSPS) is 15.4. The van der Waals surface area contributed by atoms with Crippen molar-refractivity contribution in [3.63, 3.8) is 0 Å². The molecule has 3 rings (SSSR count). The fraction of sp³-hybridized carbons (Fsp3) is 0.318. The highest BCUT2D eigenvalue weighted by atomic mass is 16.5. The van der Waals surface area contributed by atoms with Gasteiger partial charge in [0.1, 0.15) is 11.5 Å². The van der Waals surface area contributed by atoms with Gasteiger partial charge in [0.25, 0.3) is 0 Å². The van der Waals surface area contributed by atoms with Crippen LogP contribution < -0.4 is 24.6 Å². The summed E-state index contributed by atoms with van der Waals surface area (Å²) in [4.78, 5) is 39.9. The Morgan fingerprint density at radius 2 is 1.77 bits per heavy atom. The van der Waals surface area contributed by atoms with Crippen LogP contribution in [0.1, 0.15) is 6.42 Å². The van der Waals surface area contributed by atoms with Crippen molar-refractivity contribution in [2.75, 3.05) is 50.0 Å². The molecular weight excluding hydrogens is 402 g/mol. The zero-order valence-electron chi connectivity index (χ0n) is 17.9. The van der Waals surface area contributed by atoms with Crippen molar-refractivity contribution >= 4 is 35.0 Å². The van der Waals surface area contributed by atoms with E-state index in [0.717, 1.165) is 0 Å². The van der Waals surface area contributed by atoms with Crippen molar-refractivity contribution in [2.24, 2.45) is 5.92 Å². The zero-order chi connectivity index (χ0) is 22.5. The molecule has 3 amide bonds. The molecule has 0 bridgehead atoms. The fourth-order valence-corrected chi connectivity index (χ4v) is 3.38. The summed E-state index contributed by atoms with van der Waals surface area (Å²) in [5.41, 5.74) is 1.76. The van der Waals surface area contributed by atoms with Gasteiger partial charge >= 0.3 is 6.09 Å². The van der Waals surface area contributed by atoms with E-state index in [1.807, 2.05) is 0 Å². The Labute approximate surface area is 180 Å². The van der Waals surface area contributed by atoms with E-state index in [1.165, 1.54) is 19.1 Å². The number of carbonyl (C=O) groups is 3. The summed E-state index contributed by atoms with van der Waals surface area (Å²) < 4.78 is 15.3. The molecule has 0 radical (unpaired) electrons. The number of benzene rings is 2. The van der Waals surface area contributed by atoms with E-state index in [1.54, 1.807) is 61.5 Å². The van der Waals surface area contributed by atoms with E-state index in [-0.39, 0.29) is 24.8 Å². The van der Waals surface area contributed by atoms with Crippen LogP contribution >= 0.6 is 0 Å². The van der Waals surface area contributed by atoms with Gasteiger partial charge in [-0.15, -0.1) is 0 Å². The van der Waals surface area contributed by atoms with Crippen LogP contribution in [-0.2, 0) is 14.3 Å². The van der Waals surface area contributed by atoms with Gasteiger partial charge in [-0.25, -0.2) is 4.79 Å². The molecule has 0 spiro atoms. The van der Waals surface area contributed by atoms with E-state index < -0.39 is 12.0 Å². The molecule has 0 saturated carbocycles. The molecule has 0 aliphatic carbocycles. The number of nitrogens with zero attached hydrogens (tertiary/aromatic N) is 2. The Bertz CT molecular complexity index is 976.